The molecule has 4 nitrogen and oxygen atoms in total. The summed E-state index contributed by atoms with van der Waals surface area (Å²) in [5, 5.41) is 13.1. The summed E-state index contributed by atoms with van der Waals surface area (Å²) < 4.78 is 0. The van der Waals surface area contributed by atoms with Gasteiger partial charge in [0, 0.05) is 12.0 Å². The number of carboxylic acid groups (broad SMARTS) is 1. The molecule has 0 bridgehead atoms. The van der Waals surface area contributed by atoms with Crippen molar-refractivity contribution in [3.8, 4) is 0 Å². The van der Waals surface area contributed by atoms with E-state index in [-0.39, 0.29) is 0 Å². The van der Waals surface area contributed by atoms with Crippen molar-refractivity contribution < 1.29 is 14.7 Å². The van der Waals surface area contributed by atoms with Crippen molar-refractivity contribution in [1.82, 2.24) is 0 Å². The lowest BCUT2D eigenvalue weighted by Crippen LogP contribution is -2.35. The molecule has 1 heterocycles. The minimum absolute atomic E-state index is 0.325. The molecule has 0 radical (unpaired) electrons. The van der Waals surface area contributed by atoms with Crippen LogP contribution in [0.3, 0.4) is 0 Å². The fourth-order valence-corrected chi connectivity index (χ4v) is 2.31. The summed E-state index contributed by atoms with van der Waals surface area (Å²) in [4.78, 5) is 16.2. The van der Waals surface area contributed by atoms with E-state index in [9.17, 15) is 4.79 Å². The van der Waals surface area contributed by atoms with E-state index in [1.807, 2.05) is 18.2 Å². The Morgan fingerprint density at radius 2 is 2.17 bits per heavy atom. The van der Waals surface area contributed by atoms with Crippen molar-refractivity contribution in [3.05, 3.63) is 35.4 Å². The molecule has 0 saturated heterocycles. The summed E-state index contributed by atoms with van der Waals surface area (Å²) in [7, 11) is 0. The van der Waals surface area contributed by atoms with Crippen LogP contribution in [0.15, 0.2) is 29.4 Å². The number of nitrogens with zero attached hydrogens (tertiary/aromatic N) is 1. The third-order valence-corrected chi connectivity index (χ3v) is 3.60. The van der Waals surface area contributed by atoms with Crippen molar-refractivity contribution in [1.29, 1.82) is 0 Å². The largest absolute Gasteiger partial charge is 0.478 e. The van der Waals surface area contributed by atoms with Crippen molar-refractivity contribution in [3.63, 3.8) is 0 Å². The number of hydrogen-bond donors (Lipinski definition) is 1. The van der Waals surface area contributed by atoms with Gasteiger partial charge in [0.15, 0.2) is 0 Å². The first-order valence-corrected chi connectivity index (χ1v) is 6.18. The van der Waals surface area contributed by atoms with Crippen molar-refractivity contribution in [2.75, 3.05) is 0 Å². The molecule has 0 spiro atoms. The zero-order chi connectivity index (χ0) is 12.8. The maximum absolute atomic E-state index is 11.1. The third kappa shape index (κ3) is 1.78. The monoisotopic (exact) mass is 245 g/mol. The Balaban J connectivity index is 1.91. The maximum Gasteiger partial charge on any atom is 0.351 e. The van der Waals surface area contributed by atoms with Crippen LogP contribution in [0.25, 0.3) is 0 Å². The van der Waals surface area contributed by atoms with Gasteiger partial charge in [-0.15, -0.1) is 0 Å². The highest BCUT2D eigenvalue weighted by Gasteiger charge is 2.43. The van der Waals surface area contributed by atoms with Crippen molar-refractivity contribution in [2.45, 2.75) is 37.7 Å². The molecule has 1 N–H and O–H groups in total. The zero-order valence-corrected chi connectivity index (χ0v) is 10.2. The summed E-state index contributed by atoms with van der Waals surface area (Å²) in [5.74, 6) is -0.356. The van der Waals surface area contributed by atoms with Crippen LogP contribution < -0.4 is 0 Å². The first-order chi connectivity index (χ1) is 8.60. The Kier molecular flexibility index (Phi) is 2.40. The fourth-order valence-electron chi connectivity index (χ4n) is 2.31. The van der Waals surface area contributed by atoms with Gasteiger partial charge in [-0.1, -0.05) is 29.4 Å². The highest BCUT2D eigenvalue weighted by molar-refractivity contribution is 6.05. The zero-order valence-electron chi connectivity index (χ0n) is 10.2. The third-order valence-electron chi connectivity index (χ3n) is 3.60. The van der Waals surface area contributed by atoms with E-state index in [2.05, 4.69) is 11.2 Å². The Morgan fingerprint density at radius 3 is 2.78 bits per heavy atom. The Hall–Kier alpha value is -1.84. The van der Waals surface area contributed by atoms with E-state index in [1.165, 1.54) is 18.4 Å². The fraction of sp³-hybridized carbons (Fsp3) is 0.429. The van der Waals surface area contributed by atoms with Crippen LogP contribution >= 0.6 is 0 Å². The van der Waals surface area contributed by atoms with Gasteiger partial charge in [0.1, 0.15) is 0 Å². The molecule has 1 aromatic rings. The minimum atomic E-state index is -1.22. The first-order valence-electron chi connectivity index (χ1n) is 6.18. The Bertz CT molecular complexity index is 534. The maximum atomic E-state index is 11.1. The molecular formula is C14H15NO3. The molecule has 1 aromatic carbocycles. The number of carboxylic acids is 1. The summed E-state index contributed by atoms with van der Waals surface area (Å²) in [6.07, 6.45) is 2.74. The summed E-state index contributed by atoms with van der Waals surface area (Å²) in [6, 6.07) is 8.08. The molecule has 18 heavy (non-hydrogen) atoms. The van der Waals surface area contributed by atoms with E-state index >= 15 is 0 Å². The van der Waals surface area contributed by atoms with E-state index in [0.29, 0.717) is 12.3 Å². The molecule has 1 saturated carbocycles. The number of rotatable bonds is 3. The van der Waals surface area contributed by atoms with Crippen LogP contribution in [-0.4, -0.2) is 22.4 Å². The van der Waals surface area contributed by atoms with Crippen LogP contribution in [0, 0.1) is 0 Å². The van der Waals surface area contributed by atoms with Crippen LogP contribution in [0.2, 0.25) is 0 Å². The van der Waals surface area contributed by atoms with Gasteiger partial charge in [0.05, 0.1) is 5.71 Å². The summed E-state index contributed by atoms with van der Waals surface area (Å²) in [6.45, 7) is 1.56. The predicted molar refractivity (Wildman–Crippen MR) is 66.7 cm³/mol. The van der Waals surface area contributed by atoms with E-state index < -0.39 is 11.6 Å². The van der Waals surface area contributed by atoms with E-state index in [1.54, 1.807) is 6.92 Å². The molecule has 1 unspecified atom stereocenters. The van der Waals surface area contributed by atoms with Gasteiger partial charge >= 0.3 is 5.97 Å². The second-order valence-electron chi connectivity index (χ2n) is 5.20. The first kappa shape index (κ1) is 11.3. The molecule has 0 aromatic heterocycles. The van der Waals surface area contributed by atoms with E-state index in [4.69, 9.17) is 9.94 Å². The SMILES string of the molecule is CC1(C(=O)O)CC(c2ccccc2C2CC2)=NO1. The highest BCUT2D eigenvalue weighted by Crippen LogP contribution is 2.42. The van der Waals surface area contributed by atoms with Gasteiger partial charge in [-0.25, -0.2) is 4.79 Å². The number of oxime groups is 1. The Morgan fingerprint density at radius 1 is 1.44 bits per heavy atom. The van der Waals surface area contributed by atoms with Gasteiger partial charge in [0.2, 0.25) is 5.60 Å². The van der Waals surface area contributed by atoms with Crippen molar-refractivity contribution >= 4 is 11.7 Å². The number of benzene rings is 1. The molecule has 4 heteroatoms. The minimum Gasteiger partial charge on any atom is -0.478 e. The van der Waals surface area contributed by atoms with Crippen molar-refractivity contribution in [2.24, 2.45) is 5.16 Å². The molecule has 0 amide bonds. The number of hydrogen-bond acceptors (Lipinski definition) is 3. The lowest BCUT2D eigenvalue weighted by atomic mass is 9.92. The van der Waals surface area contributed by atoms with Crippen LogP contribution in [0.5, 0.6) is 0 Å². The molecule has 3 rings (SSSR count). The number of carbonyl (C=O) groups is 1. The average molecular weight is 245 g/mol. The molecule has 94 valence electrons. The molecule has 1 atom stereocenters. The van der Waals surface area contributed by atoms with Gasteiger partial charge < -0.3 is 9.94 Å². The van der Waals surface area contributed by atoms with Gasteiger partial charge in [0.25, 0.3) is 0 Å². The van der Waals surface area contributed by atoms with Crippen LogP contribution in [0.1, 0.15) is 43.2 Å². The predicted octanol–water partition coefficient (Wildman–Crippen LogP) is 2.53. The van der Waals surface area contributed by atoms with Gasteiger partial charge in [-0.3, -0.25) is 0 Å². The van der Waals surface area contributed by atoms with Crippen LogP contribution in [0.4, 0.5) is 0 Å². The van der Waals surface area contributed by atoms with E-state index in [0.717, 1.165) is 11.3 Å². The average Bonchev–Trinajstić information content (AvgIpc) is 3.13. The molecule has 1 aliphatic carbocycles. The summed E-state index contributed by atoms with van der Waals surface area (Å²) in [5.41, 5.74) is 1.85. The lowest BCUT2D eigenvalue weighted by molar-refractivity contribution is -0.160. The van der Waals surface area contributed by atoms with Gasteiger partial charge in [-0.2, -0.15) is 0 Å². The second kappa shape index (κ2) is 3.83. The standard InChI is InChI=1S/C14H15NO3/c1-14(13(16)17)8-12(15-18-14)11-5-3-2-4-10(11)9-6-7-9/h2-5,9H,6-8H2,1H3,(H,16,17). The quantitative estimate of drug-likeness (QED) is 0.890. The topological polar surface area (TPSA) is 58.9 Å². The number of aliphatic carboxylic acids is 1. The summed E-state index contributed by atoms with van der Waals surface area (Å²) >= 11 is 0. The van der Waals surface area contributed by atoms with Gasteiger partial charge in [-0.05, 0) is 31.2 Å². The highest BCUT2D eigenvalue weighted by atomic mass is 16.7. The lowest BCUT2D eigenvalue weighted by Gasteiger charge is -2.15. The molecule has 1 fully saturated rings. The smallest absolute Gasteiger partial charge is 0.351 e. The van der Waals surface area contributed by atoms with Crippen LogP contribution in [-0.2, 0) is 9.63 Å². The Labute approximate surface area is 105 Å². The molecular weight excluding hydrogens is 230 g/mol. The molecule has 2 aliphatic rings. The molecule has 1 aliphatic heterocycles. The normalized spacial score (nSPS) is 26.6. The second-order valence-corrected chi connectivity index (χ2v) is 5.20.